The minimum atomic E-state index is -0.0754. The molecule has 0 bridgehead atoms. The molecule has 120 valence electrons. The summed E-state index contributed by atoms with van der Waals surface area (Å²) < 4.78 is 2.60. The van der Waals surface area contributed by atoms with Gasteiger partial charge in [0.15, 0.2) is 0 Å². The Balaban J connectivity index is 1.57. The number of para-hydroxylation sites is 1. The van der Waals surface area contributed by atoms with Crippen molar-refractivity contribution in [3.05, 3.63) is 76.2 Å². The van der Waals surface area contributed by atoms with Crippen molar-refractivity contribution in [2.24, 2.45) is 0 Å². The lowest BCUT2D eigenvalue weighted by molar-refractivity contribution is 0.827. The van der Waals surface area contributed by atoms with E-state index in [-0.39, 0.29) is 5.56 Å². The summed E-state index contributed by atoms with van der Waals surface area (Å²) in [6.07, 6.45) is 0. The minimum absolute atomic E-state index is 0.0754. The minimum Gasteiger partial charge on any atom is -0.292 e. The highest BCUT2D eigenvalue weighted by Crippen LogP contribution is 2.25. The summed E-state index contributed by atoms with van der Waals surface area (Å²) in [5.74, 6) is 0.718. The van der Waals surface area contributed by atoms with E-state index in [1.807, 2.05) is 24.3 Å². The SMILES string of the molecule is Cc1ccc(SCc2cc(=O)n(-c3nc4ccccc4s3)[nH]2)cc1. The normalized spacial score (nSPS) is 11.2. The Hall–Kier alpha value is -2.31. The first-order chi connectivity index (χ1) is 11.7. The fourth-order valence-corrected chi connectivity index (χ4v) is 4.14. The largest absolute Gasteiger partial charge is 0.292 e. The first-order valence-corrected chi connectivity index (χ1v) is 9.35. The third-order valence-electron chi connectivity index (χ3n) is 3.66. The van der Waals surface area contributed by atoms with Crippen molar-refractivity contribution < 1.29 is 0 Å². The van der Waals surface area contributed by atoms with E-state index < -0.39 is 0 Å². The molecule has 0 spiro atoms. The smallest absolute Gasteiger partial charge is 0.273 e. The second kappa shape index (κ2) is 6.30. The molecule has 2 aromatic carbocycles. The van der Waals surface area contributed by atoms with Crippen LogP contribution in [0.5, 0.6) is 0 Å². The number of hydrogen-bond donors (Lipinski definition) is 1. The number of aromatic nitrogens is 3. The number of aryl methyl sites for hydroxylation is 1. The van der Waals surface area contributed by atoms with Crippen LogP contribution >= 0.6 is 23.1 Å². The predicted octanol–water partition coefficient (Wildman–Crippen LogP) is 4.38. The molecule has 0 aliphatic carbocycles. The zero-order valence-corrected chi connectivity index (χ0v) is 14.7. The van der Waals surface area contributed by atoms with Crippen LogP contribution in [0.1, 0.15) is 11.3 Å². The summed E-state index contributed by atoms with van der Waals surface area (Å²) >= 11 is 3.21. The van der Waals surface area contributed by atoms with Gasteiger partial charge in [0.2, 0.25) is 5.13 Å². The fourth-order valence-electron chi connectivity index (χ4n) is 2.41. The lowest BCUT2D eigenvalue weighted by Crippen LogP contribution is -2.12. The van der Waals surface area contributed by atoms with Gasteiger partial charge < -0.3 is 0 Å². The van der Waals surface area contributed by atoms with Gasteiger partial charge in [-0.3, -0.25) is 9.89 Å². The standard InChI is InChI=1S/C18H15N3OS2/c1-12-6-8-14(9-7-12)23-11-13-10-17(22)21(20-13)18-19-15-4-2-3-5-16(15)24-18/h2-10,20H,11H2,1H3. The summed E-state index contributed by atoms with van der Waals surface area (Å²) in [6.45, 7) is 2.07. The third-order valence-corrected chi connectivity index (χ3v) is 5.75. The van der Waals surface area contributed by atoms with Crippen LogP contribution in [0, 0.1) is 6.92 Å². The average Bonchev–Trinajstić information content (AvgIpc) is 3.17. The fraction of sp³-hybridized carbons (Fsp3) is 0.111. The molecule has 0 saturated heterocycles. The van der Waals surface area contributed by atoms with Crippen LogP contribution in [0.25, 0.3) is 15.3 Å². The van der Waals surface area contributed by atoms with Crippen LogP contribution in [0.3, 0.4) is 0 Å². The molecule has 6 heteroatoms. The highest BCUT2D eigenvalue weighted by atomic mass is 32.2. The molecule has 2 aromatic heterocycles. The Kier molecular flexibility index (Phi) is 4.00. The molecule has 0 amide bonds. The van der Waals surface area contributed by atoms with E-state index in [0.29, 0.717) is 5.13 Å². The van der Waals surface area contributed by atoms with Crippen LogP contribution in [0.15, 0.2) is 64.3 Å². The van der Waals surface area contributed by atoms with Gasteiger partial charge in [-0.1, -0.05) is 41.2 Å². The maximum Gasteiger partial charge on any atom is 0.273 e. The molecule has 24 heavy (non-hydrogen) atoms. The third kappa shape index (κ3) is 3.02. The summed E-state index contributed by atoms with van der Waals surface area (Å²) in [5, 5.41) is 3.85. The number of H-pyrrole nitrogens is 1. The molecule has 0 unspecified atom stereocenters. The highest BCUT2D eigenvalue weighted by Gasteiger charge is 2.10. The van der Waals surface area contributed by atoms with Gasteiger partial charge in [-0.25, -0.2) is 4.98 Å². The van der Waals surface area contributed by atoms with Gasteiger partial charge in [0.25, 0.3) is 5.56 Å². The van der Waals surface area contributed by atoms with Crippen molar-refractivity contribution in [1.29, 1.82) is 0 Å². The number of benzene rings is 2. The summed E-state index contributed by atoms with van der Waals surface area (Å²) in [6, 6.07) is 17.9. The molecular weight excluding hydrogens is 338 g/mol. The monoisotopic (exact) mass is 353 g/mol. The number of hydrogen-bond acceptors (Lipinski definition) is 4. The quantitative estimate of drug-likeness (QED) is 0.554. The van der Waals surface area contributed by atoms with E-state index in [0.717, 1.165) is 21.7 Å². The lowest BCUT2D eigenvalue weighted by atomic mass is 10.2. The first-order valence-electron chi connectivity index (χ1n) is 7.55. The van der Waals surface area contributed by atoms with E-state index in [1.54, 1.807) is 17.8 Å². The van der Waals surface area contributed by atoms with Crippen molar-refractivity contribution >= 4 is 33.3 Å². The Morgan fingerprint density at radius 2 is 1.96 bits per heavy atom. The van der Waals surface area contributed by atoms with Crippen LogP contribution in [0.2, 0.25) is 0 Å². The average molecular weight is 353 g/mol. The second-order valence-electron chi connectivity index (χ2n) is 5.52. The van der Waals surface area contributed by atoms with Crippen molar-refractivity contribution in [3.8, 4) is 5.13 Å². The molecule has 2 heterocycles. The molecule has 1 N–H and O–H groups in total. The number of thiazole rings is 1. The van der Waals surface area contributed by atoms with E-state index >= 15 is 0 Å². The number of nitrogens with one attached hydrogen (secondary N) is 1. The lowest BCUT2D eigenvalue weighted by Gasteiger charge is -2.00. The van der Waals surface area contributed by atoms with Crippen LogP contribution in [0.4, 0.5) is 0 Å². The van der Waals surface area contributed by atoms with Gasteiger partial charge in [-0.15, -0.1) is 11.8 Å². The van der Waals surface area contributed by atoms with Gasteiger partial charge in [0.1, 0.15) is 0 Å². The van der Waals surface area contributed by atoms with Gasteiger partial charge in [0, 0.05) is 22.4 Å². The molecule has 0 saturated carbocycles. The summed E-state index contributed by atoms with van der Waals surface area (Å²) in [5.41, 5.74) is 2.97. The zero-order valence-electron chi connectivity index (χ0n) is 13.0. The van der Waals surface area contributed by atoms with E-state index in [9.17, 15) is 4.79 Å². The Labute approximate surface area is 147 Å². The predicted molar refractivity (Wildman–Crippen MR) is 100 cm³/mol. The number of thioether (sulfide) groups is 1. The van der Waals surface area contributed by atoms with Crippen molar-refractivity contribution in [2.45, 2.75) is 17.6 Å². The molecule has 0 aliphatic rings. The molecule has 0 atom stereocenters. The maximum atomic E-state index is 12.3. The molecule has 4 rings (SSSR count). The molecule has 0 radical (unpaired) electrons. The van der Waals surface area contributed by atoms with Gasteiger partial charge >= 0.3 is 0 Å². The van der Waals surface area contributed by atoms with Crippen molar-refractivity contribution in [3.63, 3.8) is 0 Å². The van der Waals surface area contributed by atoms with E-state index in [4.69, 9.17) is 0 Å². The topological polar surface area (TPSA) is 50.7 Å². The summed E-state index contributed by atoms with van der Waals surface area (Å²) in [7, 11) is 0. The zero-order chi connectivity index (χ0) is 16.5. The molecule has 4 aromatic rings. The van der Waals surface area contributed by atoms with Gasteiger partial charge in [0.05, 0.1) is 10.2 Å². The number of fused-ring (bicyclic) bond motifs is 1. The van der Waals surface area contributed by atoms with Gasteiger partial charge in [-0.2, -0.15) is 4.68 Å². The Bertz CT molecular complexity index is 1010. The van der Waals surface area contributed by atoms with Crippen molar-refractivity contribution in [1.82, 2.24) is 14.8 Å². The molecule has 4 nitrogen and oxygen atoms in total. The molecule has 0 fully saturated rings. The number of rotatable bonds is 4. The highest BCUT2D eigenvalue weighted by molar-refractivity contribution is 7.98. The Morgan fingerprint density at radius 1 is 1.17 bits per heavy atom. The second-order valence-corrected chi connectivity index (χ2v) is 7.58. The molecular formula is C18H15N3OS2. The first kappa shape index (κ1) is 15.2. The van der Waals surface area contributed by atoms with Crippen LogP contribution < -0.4 is 5.56 Å². The number of nitrogens with zero attached hydrogens (tertiary/aromatic N) is 2. The van der Waals surface area contributed by atoms with Crippen LogP contribution in [-0.4, -0.2) is 14.8 Å². The molecule has 0 aliphatic heterocycles. The number of aromatic amines is 1. The van der Waals surface area contributed by atoms with Crippen LogP contribution in [-0.2, 0) is 5.75 Å². The van der Waals surface area contributed by atoms with Gasteiger partial charge in [-0.05, 0) is 31.2 Å². The van der Waals surface area contributed by atoms with E-state index in [2.05, 4.69) is 41.3 Å². The van der Waals surface area contributed by atoms with Crippen molar-refractivity contribution in [2.75, 3.05) is 0 Å². The Morgan fingerprint density at radius 3 is 2.75 bits per heavy atom. The maximum absolute atomic E-state index is 12.3. The van der Waals surface area contributed by atoms with E-state index in [1.165, 1.54) is 26.5 Å². The summed E-state index contributed by atoms with van der Waals surface area (Å²) in [4.78, 5) is 18.0.